The summed E-state index contributed by atoms with van der Waals surface area (Å²) in [5.74, 6) is -0.364. The van der Waals surface area contributed by atoms with Crippen LogP contribution in [-0.2, 0) is 5.41 Å². The molecule has 0 aliphatic carbocycles. The van der Waals surface area contributed by atoms with Crippen LogP contribution in [-0.4, -0.2) is 16.2 Å². The Bertz CT molecular complexity index is 1660. The molecule has 4 aromatic carbocycles. The molecule has 37 heavy (non-hydrogen) atoms. The molecule has 0 fully saturated rings. The number of hydrogen-bond donors (Lipinski definition) is 1. The average Bonchev–Trinajstić information content (AvgIpc) is 3.36. The van der Waals surface area contributed by atoms with Gasteiger partial charge in [0, 0.05) is 34.1 Å². The average molecular weight is 493 g/mol. The summed E-state index contributed by atoms with van der Waals surface area (Å²) in [6, 6.07) is 23.1. The molecule has 0 bridgehead atoms. The summed E-state index contributed by atoms with van der Waals surface area (Å²) in [6.45, 7) is 7.20. The van der Waals surface area contributed by atoms with Crippen LogP contribution < -0.4 is 15.8 Å². The van der Waals surface area contributed by atoms with E-state index in [1.807, 2.05) is 0 Å². The van der Waals surface area contributed by atoms with Crippen LogP contribution in [0.2, 0.25) is 0 Å². The maximum absolute atomic E-state index is 12.7. The van der Waals surface area contributed by atoms with Crippen LogP contribution in [0.3, 0.4) is 0 Å². The highest BCUT2D eigenvalue weighted by Gasteiger charge is 2.49. The lowest BCUT2D eigenvalue weighted by atomic mass is 9.76. The molecule has 0 amide bonds. The Hall–Kier alpha value is -3.86. The standard InChI is InChI=1S/C32H32N2O3/c1-4-5-6-11-18-33-26-17-16-20(19-23(26)32(2,3)31(33)27-28(35)30(37)29(27)36)34-24-14-9-7-12-21(24)22-13-8-10-15-25(22)34/h7-10,12-17,19,31,35H,4-6,11,18H2,1-3H3. The third-order valence-electron chi connectivity index (χ3n) is 8.26. The summed E-state index contributed by atoms with van der Waals surface area (Å²) in [6.07, 6.45) is 4.40. The molecule has 5 aromatic rings. The van der Waals surface area contributed by atoms with Crippen molar-refractivity contribution >= 4 is 27.5 Å². The predicted molar refractivity (Wildman–Crippen MR) is 151 cm³/mol. The first-order valence-corrected chi connectivity index (χ1v) is 13.3. The maximum atomic E-state index is 12.7. The van der Waals surface area contributed by atoms with E-state index in [9.17, 15) is 14.7 Å². The van der Waals surface area contributed by atoms with Gasteiger partial charge in [0.1, 0.15) is 0 Å². The van der Waals surface area contributed by atoms with Gasteiger partial charge in [0.15, 0.2) is 5.75 Å². The first-order valence-electron chi connectivity index (χ1n) is 13.3. The highest BCUT2D eigenvalue weighted by atomic mass is 16.3. The van der Waals surface area contributed by atoms with E-state index in [0.29, 0.717) is 0 Å². The Kier molecular flexibility index (Phi) is 5.48. The first kappa shape index (κ1) is 23.5. The predicted octanol–water partition coefficient (Wildman–Crippen LogP) is 6.50. The summed E-state index contributed by atoms with van der Waals surface area (Å²) in [7, 11) is 0. The van der Waals surface area contributed by atoms with Crippen molar-refractivity contribution in [2.45, 2.75) is 57.9 Å². The summed E-state index contributed by atoms with van der Waals surface area (Å²) < 4.78 is 2.30. The monoisotopic (exact) mass is 492 g/mol. The van der Waals surface area contributed by atoms with Gasteiger partial charge in [-0.1, -0.05) is 76.4 Å². The van der Waals surface area contributed by atoms with Gasteiger partial charge in [0.25, 0.3) is 5.43 Å². The Morgan fingerprint density at radius 3 is 2.11 bits per heavy atom. The number of benzene rings is 3. The van der Waals surface area contributed by atoms with Crippen LogP contribution in [0.15, 0.2) is 76.3 Å². The smallest absolute Gasteiger partial charge is 0.268 e. The normalized spacial score (nSPS) is 16.7. The molecule has 1 aromatic heterocycles. The topological polar surface area (TPSA) is 62.5 Å². The zero-order chi connectivity index (χ0) is 25.9. The van der Waals surface area contributed by atoms with Crippen molar-refractivity contribution in [3.05, 3.63) is 98.3 Å². The van der Waals surface area contributed by atoms with Crippen molar-refractivity contribution < 1.29 is 5.11 Å². The van der Waals surface area contributed by atoms with Crippen LogP contribution >= 0.6 is 0 Å². The van der Waals surface area contributed by atoms with Crippen molar-refractivity contribution in [1.82, 2.24) is 4.57 Å². The molecule has 0 radical (unpaired) electrons. The lowest BCUT2D eigenvalue weighted by Gasteiger charge is -2.35. The SMILES string of the molecule is CCCCCCN1c2ccc(-n3c4ccccc4c4ccccc43)cc2C(C)(C)C1c1c(O)c(=O)c1=O. The second-order valence-corrected chi connectivity index (χ2v) is 10.9. The van der Waals surface area contributed by atoms with Gasteiger partial charge in [-0.15, -0.1) is 0 Å². The number of hydrogen-bond acceptors (Lipinski definition) is 4. The fourth-order valence-electron chi connectivity index (χ4n) is 6.43. The summed E-state index contributed by atoms with van der Waals surface area (Å²) >= 11 is 0. The van der Waals surface area contributed by atoms with E-state index < -0.39 is 16.3 Å². The van der Waals surface area contributed by atoms with Crippen LogP contribution in [0, 0.1) is 0 Å². The van der Waals surface area contributed by atoms with E-state index >= 15 is 0 Å². The van der Waals surface area contributed by atoms with E-state index in [2.05, 4.69) is 97.0 Å². The largest absolute Gasteiger partial charge is 0.504 e. The first-order chi connectivity index (χ1) is 17.9. The van der Waals surface area contributed by atoms with Crippen LogP contribution in [0.4, 0.5) is 5.69 Å². The molecule has 6 rings (SSSR count). The lowest BCUT2D eigenvalue weighted by molar-refractivity contribution is 0.386. The molecule has 5 nitrogen and oxygen atoms in total. The molecule has 0 saturated heterocycles. The minimum absolute atomic E-state index is 0.264. The van der Waals surface area contributed by atoms with Crippen LogP contribution in [0.1, 0.15) is 63.6 Å². The van der Waals surface area contributed by atoms with Crippen LogP contribution in [0.25, 0.3) is 27.5 Å². The van der Waals surface area contributed by atoms with Gasteiger partial charge in [-0.25, -0.2) is 0 Å². The third kappa shape index (κ3) is 3.37. The molecule has 1 unspecified atom stereocenters. The van der Waals surface area contributed by atoms with Gasteiger partial charge < -0.3 is 14.6 Å². The van der Waals surface area contributed by atoms with E-state index in [0.717, 1.165) is 60.2 Å². The molecule has 5 heteroatoms. The van der Waals surface area contributed by atoms with Gasteiger partial charge in [-0.05, 0) is 42.3 Å². The van der Waals surface area contributed by atoms with Crippen molar-refractivity contribution in [1.29, 1.82) is 0 Å². The van der Waals surface area contributed by atoms with E-state index in [4.69, 9.17) is 0 Å². The molecule has 1 aliphatic rings. The van der Waals surface area contributed by atoms with Gasteiger partial charge in [-0.2, -0.15) is 0 Å². The number of unbranched alkanes of at least 4 members (excludes halogenated alkanes) is 3. The molecular formula is C32H32N2O3. The Labute approximate surface area is 216 Å². The molecule has 0 saturated carbocycles. The van der Waals surface area contributed by atoms with Crippen LogP contribution in [0.5, 0.6) is 5.75 Å². The number of nitrogens with zero attached hydrogens (tertiary/aromatic N) is 2. The second kappa shape index (κ2) is 8.62. The molecule has 0 spiro atoms. The molecule has 188 valence electrons. The van der Waals surface area contributed by atoms with E-state index in [1.165, 1.54) is 10.8 Å². The van der Waals surface area contributed by atoms with Gasteiger partial charge in [0.2, 0.25) is 5.43 Å². The number of fused-ring (bicyclic) bond motifs is 4. The quantitative estimate of drug-likeness (QED) is 0.208. The molecule has 2 heterocycles. The second-order valence-electron chi connectivity index (χ2n) is 10.9. The molecule has 1 N–H and O–H groups in total. The number of aromatic nitrogens is 1. The fourth-order valence-corrected chi connectivity index (χ4v) is 6.43. The summed E-state index contributed by atoms with van der Waals surface area (Å²) in [5.41, 5.74) is 4.02. The Morgan fingerprint density at radius 1 is 0.838 bits per heavy atom. The number of anilines is 1. The zero-order valence-corrected chi connectivity index (χ0v) is 21.6. The molecule has 1 atom stereocenters. The molecular weight excluding hydrogens is 460 g/mol. The summed E-state index contributed by atoms with van der Waals surface area (Å²) in [4.78, 5) is 26.9. The number of aromatic hydroxyl groups is 1. The van der Waals surface area contributed by atoms with Crippen molar-refractivity contribution in [2.24, 2.45) is 0 Å². The lowest BCUT2D eigenvalue weighted by Crippen LogP contribution is -2.45. The van der Waals surface area contributed by atoms with Crippen molar-refractivity contribution in [3.63, 3.8) is 0 Å². The van der Waals surface area contributed by atoms with Crippen molar-refractivity contribution in [2.75, 3.05) is 11.4 Å². The minimum Gasteiger partial charge on any atom is -0.504 e. The number of para-hydroxylation sites is 2. The van der Waals surface area contributed by atoms with Gasteiger partial charge in [-0.3, -0.25) is 9.59 Å². The Balaban J connectivity index is 1.52. The minimum atomic E-state index is -0.765. The van der Waals surface area contributed by atoms with Gasteiger partial charge in [0.05, 0.1) is 22.6 Å². The van der Waals surface area contributed by atoms with Gasteiger partial charge >= 0.3 is 0 Å². The zero-order valence-electron chi connectivity index (χ0n) is 21.6. The Morgan fingerprint density at radius 2 is 1.49 bits per heavy atom. The fraction of sp³-hybridized carbons (Fsp3) is 0.312. The van der Waals surface area contributed by atoms with E-state index in [1.54, 1.807) is 0 Å². The molecule has 1 aliphatic heterocycles. The third-order valence-corrected chi connectivity index (χ3v) is 8.26. The highest BCUT2D eigenvalue weighted by Crippen LogP contribution is 2.54. The number of rotatable bonds is 7. The summed E-state index contributed by atoms with van der Waals surface area (Å²) in [5, 5.41) is 12.9. The van der Waals surface area contributed by atoms with Crippen molar-refractivity contribution in [3.8, 4) is 11.4 Å². The van der Waals surface area contributed by atoms with E-state index in [-0.39, 0.29) is 17.4 Å². The maximum Gasteiger partial charge on any atom is 0.268 e. The highest BCUT2D eigenvalue weighted by molar-refractivity contribution is 6.09.